The molecule has 2 amide bonds. The molecule has 1 N–H and O–H groups in total. The predicted molar refractivity (Wildman–Crippen MR) is 101 cm³/mol. The van der Waals surface area contributed by atoms with E-state index in [2.05, 4.69) is 24.4 Å². The number of hydrogen-bond acceptors (Lipinski definition) is 2. The minimum atomic E-state index is -0.0526. The van der Waals surface area contributed by atoms with Crippen LogP contribution in [0.25, 0.3) is 0 Å². The first-order valence-electron chi connectivity index (χ1n) is 8.87. The molecule has 2 rings (SSSR count). The zero-order valence-corrected chi connectivity index (χ0v) is 15.2. The van der Waals surface area contributed by atoms with Crippen molar-refractivity contribution in [2.24, 2.45) is 0 Å². The van der Waals surface area contributed by atoms with Gasteiger partial charge in [-0.1, -0.05) is 74.0 Å². The second-order valence-electron chi connectivity index (χ2n) is 6.10. The van der Waals surface area contributed by atoms with Crippen LogP contribution in [0.5, 0.6) is 0 Å². The number of methoxy groups -OCH3 is 1. The molecule has 2 aromatic carbocycles. The van der Waals surface area contributed by atoms with Gasteiger partial charge in [0.1, 0.15) is 0 Å². The summed E-state index contributed by atoms with van der Waals surface area (Å²) in [7, 11) is 1.66. The van der Waals surface area contributed by atoms with Crippen molar-refractivity contribution in [2.45, 2.75) is 32.4 Å². The highest BCUT2D eigenvalue weighted by molar-refractivity contribution is 5.74. The van der Waals surface area contributed by atoms with Gasteiger partial charge in [-0.05, 0) is 17.5 Å². The molecule has 4 nitrogen and oxygen atoms in total. The van der Waals surface area contributed by atoms with Crippen LogP contribution >= 0.6 is 0 Å². The second-order valence-corrected chi connectivity index (χ2v) is 6.10. The minimum Gasteiger partial charge on any atom is -0.383 e. The van der Waals surface area contributed by atoms with Crippen LogP contribution in [0.4, 0.5) is 4.79 Å². The van der Waals surface area contributed by atoms with E-state index in [0.29, 0.717) is 19.7 Å². The first-order valence-corrected chi connectivity index (χ1v) is 8.87. The molecule has 134 valence electrons. The third-order valence-corrected chi connectivity index (χ3v) is 4.15. The van der Waals surface area contributed by atoms with Crippen molar-refractivity contribution in [3.8, 4) is 0 Å². The van der Waals surface area contributed by atoms with Gasteiger partial charge in [-0.2, -0.15) is 0 Å². The molecule has 0 bridgehead atoms. The van der Waals surface area contributed by atoms with Gasteiger partial charge in [-0.3, -0.25) is 0 Å². The smallest absolute Gasteiger partial charge is 0.318 e. The van der Waals surface area contributed by atoms with Crippen LogP contribution in [0.2, 0.25) is 0 Å². The van der Waals surface area contributed by atoms with Crippen molar-refractivity contribution >= 4 is 6.03 Å². The fraction of sp³-hybridized carbons (Fsp3) is 0.381. The number of benzene rings is 2. The zero-order chi connectivity index (χ0) is 17.9. The molecule has 0 aliphatic rings. The number of nitrogens with zero attached hydrogens (tertiary/aromatic N) is 1. The van der Waals surface area contributed by atoms with Crippen molar-refractivity contribution in [1.82, 2.24) is 10.2 Å². The Morgan fingerprint density at radius 2 is 1.72 bits per heavy atom. The largest absolute Gasteiger partial charge is 0.383 e. The third-order valence-electron chi connectivity index (χ3n) is 4.15. The average molecular weight is 340 g/mol. The Kier molecular flexibility index (Phi) is 7.99. The van der Waals surface area contributed by atoms with Crippen molar-refractivity contribution in [1.29, 1.82) is 0 Å². The van der Waals surface area contributed by atoms with Crippen LogP contribution in [0.3, 0.4) is 0 Å². The topological polar surface area (TPSA) is 41.6 Å². The van der Waals surface area contributed by atoms with Crippen LogP contribution in [0.15, 0.2) is 60.7 Å². The lowest BCUT2D eigenvalue weighted by Gasteiger charge is -2.27. The van der Waals surface area contributed by atoms with Crippen LogP contribution in [0, 0.1) is 0 Å². The fourth-order valence-corrected chi connectivity index (χ4v) is 2.79. The molecule has 1 unspecified atom stereocenters. The number of urea groups is 1. The van der Waals surface area contributed by atoms with E-state index in [4.69, 9.17) is 4.74 Å². The van der Waals surface area contributed by atoms with Gasteiger partial charge in [-0.25, -0.2) is 4.79 Å². The fourth-order valence-electron chi connectivity index (χ4n) is 2.79. The molecule has 0 aromatic heterocycles. The summed E-state index contributed by atoms with van der Waals surface area (Å²) in [5.41, 5.74) is 2.25. The molecule has 4 heteroatoms. The number of hydrogen-bond donors (Lipinski definition) is 1. The highest BCUT2D eigenvalue weighted by Gasteiger charge is 2.19. The molecule has 1 atom stereocenters. The van der Waals surface area contributed by atoms with Gasteiger partial charge in [0.2, 0.25) is 0 Å². The number of amides is 2. The van der Waals surface area contributed by atoms with Crippen molar-refractivity contribution < 1.29 is 9.53 Å². The number of ether oxygens (including phenoxy) is 1. The molecule has 0 spiro atoms. The Balaban J connectivity index is 2.08. The van der Waals surface area contributed by atoms with E-state index < -0.39 is 0 Å². The number of rotatable bonds is 9. The third kappa shape index (κ3) is 6.24. The summed E-state index contributed by atoms with van der Waals surface area (Å²) in [5, 5.41) is 3.19. The molecule has 0 aliphatic heterocycles. The van der Waals surface area contributed by atoms with Crippen LogP contribution < -0.4 is 5.32 Å². The molecule has 0 aliphatic carbocycles. The van der Waals surface area contributed by atoms with Gasteiger partial charge in [0.15, 0.2) is 0 Å². The molecular weight excluding hydrogens is 312 g/mol. The molecule has 25 heavy (non-hydrogen) atoms. The Morgan fingerprint density at radius 1 is 1.08 bits per heavy atom. The summed E-state index contributed by atoms with van der Waals surface area (Å²) in [5.74, 6) is 0. The van der Waals surface area contributed by atoms with Gasteiger partial charge < -0.3 is 15.0 Å². The van der Waals surface area contributed by atoms with Crippen LogP contribution in [-0.2, 0) is 11.3 Å². The Hall–Kier alpha value is -2.33. The predicted octanol–water partition coefficient (Wildman–Crippen LogP) is 4.39. The highest BCUT2D eigenvalue weighted by Crippen LogP contribution is 2.19. The summed E-state index contributed by atoms with van der Waals surface area (Å²) < 4.78 is 5.18. The van der Waals surface area contributed by atoms with E-state index in [1.807, 2.05) is 53.4 Å². The standard InChI is InChI=1S/C21H28N2O2/c1-3-10-20(19-13-8-5-9-14-19)22-21(24)23(15-16-25-2)17-18-11-6-4-7-12-18/h4-9,11-14,20H,3,10,15-17H2,1-2H3,(H,22,24). The van der Waals surface area contributed by atoms with E-state index in [-0.39, 0.29) is 12.1 Å². The molecule has 0 radical (unpaired) electrons. The van der Waals surface area contributed by atoms with E-state index in [1.54, 1.807) is 7.11 Å². The molecule has 0 heterocycles. The molecule has 2 aromatic rings. The van der Waals surface area contributed by atoms with Crippen molar-refractivity contribution in [3.05, 3.63) is 71.8 Å². The molecule has 0 fully saturated rings. The average Bonchev–Trinajstić information content (AvgIpc) is 2.66. The first kappa shape index (κ1) is 19.0. The summed E-state index contributed by atoms with van der Waals surface area (Å²) >= 11 is 0. The minimum absolute atomic E-state index is 0.0273. The normalized spacial score (nSPS) is 11.8. The van der Waals surface area contributed by atoms with Gasteiger partial charge in [0.25, 0.3) is 0 Å². The zero-order valence-electron chi connectivity index (χ0n) is 15.2. The maximum absolute atomic E-state index is 12.9. The lowest BCUT2D eigenvalue weighted by Crippen LogP contribution is -2.42. The van der Waals surface area contributed by atoms with Gasteiger partial charge in [-0.15, -0.1) is 0 Å². The maximum Gasteiger partial charge on any atom is 0.318 e. The lowest BCUT2D eigenvalue weighted by atomic mass is 10.0. The summed E-state index contributed by atoms with van der Waals surface area (Å²) in [6.45, 7) is 3.79. The van der Waals surface area contributed by atoms with E-state index in [1.165, 1.54) is 0 Å². The lowest BCUT2D eigenvalue weighted by molar-refractivity contribution is 0.144. The monoisotopic (exact) mass is 340 g/mol. The summed E-state index contributed by atoms with van der Waals surface area (Å²) in [6.07, 6.45) is 1.93. The second kappa shape index (κ2) is 10.5. The number of carbonyl (C=O) groups is 1. The van der Waals surface area contributed by atoms with Gasteiger partial charge in [0, 0.05) is 20.2 Å². The highest BCUT2D eigenvalue weighted by atomic mass is 16.5. The molecule has 0 saturated carbocycles. The van der Waals surface area contributed by atoms with E-state index in [9.17, 15) is 4.79 Å². The Morgan fingerprint density at radius 3 is 2.32 bits per heavy atom. The quantitative estimate of drug-likeness (QED) is 0.736. The van der Waals surface area contributed by atoms with Gasteiger partial charge >= 0.3 is 6.03 Å². The summed E-state index contributed by atoms with van der Waals surface area (Å²) in [6, 6.07) is 20.2. The van der Waals surface area contributed by atoms with Crippen molar-refractivity contribution in [3.63, 3.8) is 0 Å². The number of nitrogens with one attached hydrogen (secondary N) is 1. The van der Waals surface area contributed by atoms with Crippen LogP contribution in [0.1, 0.15) is 36.9 Å². The van der Waals surface area contributed by atoms with Gasteiger partial charge in [0.05, 0.1) is 12.6 Å². The van der Waals surface area contributed by atoms with E-state index >= 15 is 0 Å². The Labute approximate surface area is 150 Å². The van der Waals surface area contributed by atoms with Crippen LogP contribution in [-0.4, -0.2) is 31.2 Å². The van der Waals surface area contributed by atoms with E-state index in [0.717, 1.165) is 24.0 Å². The SMILES string of the molecule is CCCC(NC(=O)N(CCOC)Cc1ccccc1)c1ccccc1. The maximum atomic E-state index is 12.9. The molecule has 0 saturated heterocycles. The van der Waals surface area contributed by atoms with Crippen molar-refractivity contribution in [2.75, 3.05) is 20.3 Å². The Bertz CT molecular complexity index is 616. The number of carbonyl (C=O) groups excluding carboxylic acids is 1. The molecular formula is C21H28N2O2. The first-order chi connectivity index (χ1) is 12.2. The summed E-state index contributed by atoms with van der Waals surface area (Å²) in [4.78, 5) is 14.7.